The van der Waals surface area contributed by atoms with Crippen LogP contribution in [0.3, 0.4) is 0 Å². The third kappa shape index (κ3) is 5.14. The van der Waals surface area contributed by atoms with Gasteiger partial charge >= 0.3 is 0 Å². The number of thiophene rings is 1. The highest BCUT2D eigenvalue weighted by Gasteiger charge is 2.21. The molecule has 0 spiro atoms. The van der Waals surface area contributed by atoms with Gasteiger partial charge < -0.3 is 10.2 Å². The topological polar surface area (TPSA) is 80.1 Å². The van der Waals surface area contributed by atoms with Crippen LogP contribution in [0.25, 0.3) is 16.4 Å². The van der Waals surface area contributed by atoms with Crippen molar-refractivity contribution in [2.75, 3.05) is 13.1 Å². The van der Waals surface area contributed by atoms with Gasteiger partial charge in [-0.05, 0) is 66.6 Å². The minimum absolute atomic E-state index is 0.0155. The molecule has 9 heteroatoms. The quantitative estimate of drug-likeness (QED) is 0.426. The largest absolute Gasteiger partial charge is 0.345 e. The van der Waals surface area contributed by atoms with Crippen LogP contribution in [-0.2, 0) is 6.54 Å². The fraction of sp³-hybridized carbons (Fsp3) is 0.231. The maximum atomic E-state index is 13.8. The van der Waals surface area contributed by atoms with Crippen molar-refractivity contribution in [1.82, 2.24) is 25.0 Å². The van der Waals surface area contributed by atoms with Gasteiger partial charge in [-0.3, -0.25) is 9.59 Å². The first kappa shape index (κ1) is 22.9. The summed E-state index contributed by atoms with van der Waals surface area (Å²) in [4.78, 5) is 32.9. The van der Waals surface area contributed by atoms with Crippen molar-refractivity contribution in [1.29, 1.82) is 0 Å². The Balaban J connectivity index is 1.33. The Morgan fingerprint density at radius 3 is 2.60 bits per heavy atom. The van der Waals surface area contributed by atoms with Gasteiger partial charge in [-0.2, -0.15) is 0 Å². The van der Waals surface area contributed by atoms with Gasteiger partial charge in [0.2, 0.25) is 5.82 Å². The summed E-state index contributed by atoms with van der Waals surface area (Å²) in [6.07, 6.45) is 3.22. The third-order valence-electron chi connectivity index (χ3n) is 5.87. The van der Waals surface area contributed by atoms with E-state index in [1.807, 2.05) is 40.6 Å². The van der Waals surface area contributed by atoms with Gasteiger partial charge in [-0.25, -0.2) is 14.1 Å². The lowest BCUT2D eigenvalue weighted by atomic mass is 10.1. The minimum Gasteiger partial charge on any atom is -0.345 e. The second kappa shape index (κ2) is 10.2. The second-order valence-corrected chi connectivity index (χ2v) is 9.31. The summed E-state index contributed by atoms with van der Waals surface area (Å²) in [6.45, 7) is 1.79. The van der Waals surface area contributed by atoms with Crippen molar-refractivity contribution in [2.24, 2.45) is 0 Å². The molecule has 1 aliphatic rings. The Hall–Kier alpha value is -3.85. The Bertz CT molecular complexity index is 1350. The molecule has 0 saturated carbocycles. The van der Waals surface area contributed by atoms with E-state index in [0.29, 0.717) is 17.1 Å². The Labute approximate surface area is 206 Å². The van der Waals surface area contributed by atoms with Crippen LogP contribution in [0.5, 0.6) is 0 Å². The van der Waals surface area contributed by atoms with Gasteiger partial charge in [-0.1, -0.05) is 24.3 Å². The van der Waals surface area contributed by atoms with E-state index in [4.69, 9.17) is 0 Å². The molecule has 1 fully saturated rings. The minimum atomic E-state index is -0.453. The average molecular weight is 490 g/mol. The number of hydrogen-bond donors (Lipinski definition) is 1. The monoisotopic (exact) mass is 489 g/mol. The number of likely N-dealkylation sites (tertiary alicyclic amines) is 1. The molecule has 3 heterocycles. The highest BCUT2D eigenvalue weighted by atomic mass is 32.1. The molecule has 2 aromatic carbocycles. The summed E-state index contributed by atoms with van der Waals surface area (Å²) in [7, 11) is 0. The number of benzene rings is 2. The third-order valence-corrected chi connectivity index (χ3v) is 6.74. The molecule has 0 radical (unpaired) electrons. The molecule has 0 atom stereocenters. The smallest absolute Gasteiger partial charge is 0.291 e. The van der Waals surface area contributed by atoms with E-state index in [0.717, 1.165) is 42.8 Å². The lowest BCUT2D eigenvalue weighted by molar-refractivity contribution is 0.0724. The number of rotatable bonds is 6. The molecule has 178 valence electrons. The second-order valence-electron chi connectivity index (χ2n) is 8.36. The Kier molecular flexibility index (Phi) is 6.67. The van der Waals surface area contributed by atoms with Crippen LogP contribution < -0.4 is 5.32 Å². The van der Waals surface area contributed by atoms with Crippen LogP contribution in [0, 0.1) is 5.82 Å². The van der Waals surface area contributed by atoms with Crippen LogP contribution in [-0.4, -0.2) is 44.6 Å². The standard InChI is InChI=1S/C26H24FN5O2S/c27-20-9-5-10-21(16-20)32-24(22-11-6-14-35-22)29-23(30-32)25(33)28-17-18-7-4-8-19(15-18)26(34)31-12-2-1-3-13-31/h4-11,14-16H,1-3,12-13,17H2,(H,28,33). The molecule has 2 aromatic heterocycles. The number of halogens is 1. The maximum absolute atomic E-state index is 13.8. The van der Waals surface area contributed by atoms with Crippen molar-refractivity contribution < 1.29 is 14.0 Å². The van der Waals surface area contributed by atoms with Crippen molar-refractivity contribution in [3.05, 3.63) is 88.8 Å². The predicted octanol–water partition coefficient (Wildman–Crippen LogP) is 4.69. The highest BCUT2D eigenvalue weighted by molar-refractivity contribution is 7.13. The lowest BCUT2D eigenvalue weighted by Gasteiger charge is -2.26. The molecule has 1 saturated heterocycles. The zero-order valence-corrected chi connectivity index (χ0v) is 19.8. The Morgan fingerprint density at radius 1 is 1.00 bits per heavy atom. The van der Waals surface area contributed by atoms with Gasteiger partial charge in [0.05, 0.1) is 10.6 Å². The number of hydrogen-bond acceptors (Lipinski definition) is 5. The molecule has 2 amide bonds. The molecule has 5 rings (SSSR count). The van der Waals surface area contributed by atoms with E-state index in [-0.39, 0.29) is 18.3 Å². The molecule has 7 nitrogen and oxygen atoms in total. The van der Waals surface area contributed by atoms with E-state index < -0.39 is 11.7 Å². The zero-order chi connectivity index (χ0) is 24.2. The summed E-state index contributed by atoms with van der Waals surface area (Å²) in [5.41, 5.74) is 1.90. The summed E-state index contributed by atoms with van der Waals surface area (Å²) in [5.74, 6) is -0.386. The number of carbonyl (C=O) groups is 2. The molecule has 1 N–H and O–H groups in total. The van der Waals surface area contributed by atoms with Crippen molar-refractivity contribution >= 4 is 23.2 Å². The van der Waals surface area contributed by atoms with Crippen molar-refractivity contribution in [2.45, 2.75) is 25.8 Å². The van der Waals surface area contributed by atoms with Crippen molar-refractivity contribution in [3.8, 4) is 16.4 Å². The molecule has 0 bridgehead atoms. The van der Waals surface area contributed by atoms with Gasteiger partial charge in [0.1, 0.15) is 5.82 Å². The number of nitrogens with one attached hydrogen (secondary N) is 1. The lowest BCUT2D eigenvalue weighted by Crippen LogP contribution is -2.35. The molecular formula is C26H24FN5O2S. The number of carbonyl (C=O) groups excluding carboxylic acids is 2. The van der Waals surface area contributed by atoms with E-state index in [2.05, 4.69) is 15.4 Å². The van der Waals surface area contributed by atoms with Gasteiger partial charge in [-0.15, -0.1) is 16.4 Å². The number of aromatic nitrogens is 3. The van der Waals surface area contributed by atoms with Gasteiger partial charge in [0.25, 0.3) is 11.8 Å². The number of piperidine rings is 1. The normalized spacial score (nSPS) is 13.6. The molecule has 0 aliphatic carbocycles. The molecule has 35 heavy (non-hydrogen) atoms. The van der Waals surface area contributed by atoms with Crippen molar-refractivity contribution in [3.63, 3.8) is 0 Å². The number of amides is 2. The van der Waals surface area contributed by atoms with E-state index in [1.54, 1.807) is 18.2 Å². The summed E-state index contributed by atoms with van der Waals surface area (Å²) in [6, 6.07) is 17.0. The first-order valence-corrected chi connectivity index (χ1v) is 12.4. The van der Waals surface area contributed by atoms with Crippen LogP contribution in [0.1, 0.15) is 45.8 Å². The van der Waals surface area contributed by atoms with Crippen LogP contribution in [0.4, 0.5) is 4.39 Å². The average Bonchev–Trinajstić information content (AvgIpc) is 3.58. The first-order chi connectivity index (χ1) is 17.1. The predicted molar refractivity (Wildman–Crippen MR) is 132 cm³/mol. The summed E-state index contributed by atoms with van der Waals surface area (Å²) in [5, 5.41) is 9.11. The van der Waals surface area contributed by atoms with Crippen LogP contribution in [0.2, 0.25) is 0 Å². The summed E-state index contributed by atoms with van der Waals surface area (Å²) < 4.78 is 15.3. The maximum Gasteiger partial charge on any atom is 0.291 e. The fourth-order valence-corrected chi connectivity index (χ4v) is 4.82. The first-order valence-electron chi connectivity index (χ1n) is 11.5. The molecule has 4 aromatic rings. The highest BCUT2D eigenvalue weighted by Crippen LogP contribution is 2.26. The van der Waals surface area contributed by atoms with E-state index in [9.17, 15) is 14.0 Å². The SMILES string of the molecule is O=C(NCc1cccc(C(=O)N2CCCCC2)c1)c1nc(-c2cccs2)n(-c2cccc(F)c2)n1. The molecular weight excluding hydrogens is 465 g/mol. The van der Waals surface area contributed by atoms with Crippen LogP contribution >= 0.6 is 11.3 Å². The van der Waals surface area contributed by atoms with Gasteiger partial charge in [0.15, 0.2) is 5.82 Å². The van der Waals surface area contributed by atoms with Gasteiger partial charge in [0, 0.05) is 25.2 Å². The summed E-state index contributed by atoms with van der Waals surface area (Å²) >= 11 is 1.46. The molecule has 1 aliphatic heterocycles. The Morgan fingerprint density at radius 2 is 1.83 bits per heavy atom. The number of nitrogens with zero attached hydrogens (tertiary/aromatic N) is 4. The molecule has 0 unspecified atom stereocenters. The van der Waals surface area contributed by atoms with E-state index in [1.165, 1.54) is 28.2 Å². The van der Waals surface area contributed by atoms with Crippen LogP contribution in [0.15, 0.2) is 66.0 Å². The fourth-order valence-electron chi connectivity index (χ4n) is 4.12. The zero-order valence-electron chi connectivity index (χ0n) is 19.0. The van der Waals surface area contributed by atoms with E-state index >= 15 is 0 Å².